The van der Waals surface area contributed by atoms with E-state index < -0.39 is 0 Å². The minimum Gasteiger partial charge on any atom is -0.508 e. The van der Waals surface area contributed by atoms with E-state index in [0.29, 0.717) is 13.2 Å². The number of esters is 1. The van der Waals surface area contributed by atoms with Crippen LogP contribution in [0.2, 0.25) is 0 Å². The van der Waals surface area contributed by atoms with Crippen molar-refractivity contribution in [1.29, 1.82) is 0 Å². The van der Waals surface area contributed by atoms with Gasteiger partial charge in [-0.25, -0.2) is 0 Å². The summed E-state index contributed by atoms with van der Waals surface area (Å²) in [6, 6.07) is 6.55. The molecule has 0 saturated heterocycles. The van der Waals surface area contributed by atoms with Gasteiger partial charge in [-0.05, 0) is 17.7 Å². The number of amides is 1. The molecule has 0 aliphatic carbocycles. The highest BCUT2D eigenvalue weighted by molar-refractivity contribution is 5.79. The van der Waals surface area contributed by atoms with Crippen LogP contribution in [-0.4, -0.2) is 55.8 Å². The number of hydrogen-bond acceptors (Lipinski definition) is 5. The van der Waals surface area contributed by atoms with E-state index in [1.165, 1.54) is 7.11 Å². The molecule has 0 unspecified atom stereocenters. The molecule has 1 amide bonds. The van der Waals surface area contributed by atoms with Gasteiger partial charge in [0.15, 0.2) is 0 Å². The van der Waals surface area contributed by atoms with E-state index in [1.807, 2.05) is 0 Å². The monoisotopic (exact) mass is 295 g/mol. The molecule has 21 heavy (non-hydrogen) atoms. The van der Waals surface area contributed by atoms with Crippen LogP contribution in [0.1, 0.15) is 12.0 Å². The Morgan fingerprint density at radius 1 is 1.24 bits per heavy atom. The zero-order valence-electron chi connectivity index (χ0n) is 12.4. The lowest BCUT2D eigenvalue weighted by Crippen LogP contribution is -2.36. The molecule has 0 heterocycles. The number of carbonyl (C=O) groups is 2. The minimum absolute atomic E-state index is 0.123. The summed E-state index contributed by atoms with van der Waals surface area (Å²) < 4.78 is 9.55. The Hall–Kier alpha value is -2.08. The van der Waals surface area contributed by atoms with Gasteiger partial charge in [0.2, 0.25) is 5.91 Å². The van der Waals surface area contributed by atoms with Gasteiger partial charge in [-0.1, -0.05) is 12.1 Å². The number of phenols is 1. The highest BCUT2D eigenvalue weighted by atomic mass is 16.5. The third kappa shape index (κ3) is 6.27. The minimum atomic E-state index is -0.359. The normalized spacial score (nSPS) is 10.2. The highest BCUT2D eigenvalue weighted by Gasteiger charge is 2.15. The van der Waals surface area contributed by atoms with Crippen LogP contribution in [0.25, 0.3) is 0 Å². The maximum absolute atomic E-state index is 12.3. The first-order valence-electron chi connectivity index (χ1n) is 6.68. The Morgan fingerprint density at radius 2 is 2.00 bits per heavy atom. The average molecular weight is 295 g/mol. The Bertz CT molecular complexity index is 475. The lowest BCUT2D eigenvalue weighted by molar-refractivity contribution is -0.141. The number of phenolic OH excluding ortho intramolecular Hbond substituents is 1. The van der Waals surface area contributed by atoms with E-state index in [1.54, 1.807) is 36.3 Å². The van der Waals surface area contributed by atoms with Crippen molar-refractivity contribution < 1.29 is 24.2 Å². The van der Waals surface area contributed by atoms with Crippen molar-refractivity contribution in [3.63, 3.8) is 0 Å². The summed E-state index contributed by atoms with van der Waals surface area (Å²) >= 11 is 0. The summed E-state index contributed by atoms with van der Waals surface area (Å²) in [5, 5.41) is 9.41. The summed E-state index contributed by atoms with van der Waals surface area (Å²) in [6.45, 7) is 1.09. The second-order valence-corrected chi connectivity index (χ2v) is 4.55. The lowest BCUT2D eigenvalue weighted by Gasteiger charge is -2.22. The van der Waals surface area contributed by atoms with Gasteiger partial charge in [-0.2, -0.15) is 0 Å². The Labute approximate surface area is 124 Å². The number of aromatic hydroxyl groups is 1. The van der Waals surface area contributed by atoms with Crippen molar-refractivity contribution in [3.05, 3.63) is 29.8 Å². The molecule has 0 aliphatic rings. The van der Waals surface area contributed by atoms with Gasteiger partial charge in [0.05, 0.1) is 26.6 Å². The molecule has 0 fully saturated rings. The summed E-state index contributed by atoms with van der Waals surface area (Å²) in [6.07, 6.45) is 0.311. The Kier molecular flexibility index (Phi) is 7.25. The smallest absolute Gasteiger partial charge is 0.307 e. The maximum Gasteiger partial charge on any atom is 0.307 e. The fraction of sp³-hybridized carbons (Fsp3) is 0.467. The molecule has 0 bridgehead atoms. The Balaban J connectivity index is 2.63. The Morgan fingerprint density at radius 3 is 2.62 bits per heavy atom. The van der Waals surface area contributed by atoms with Gasteiger partial charge in [-0.15, -0.1) is 0 Å². The van der Waals surface area contributed by atoms with Gasteiger partial charge in [-0.3, -0.25) is 9.59 Å². The number of rotatable bonds is 8. The van der Waals surface area contributed by atoms with Gasteiger partial charge < -0.3 is 19.5 Å². The molecule has 1 rings (SSSR count). The number of hydrogen-bond donors (Lipinski definition) is 1. The van der Waals surface area contributed by atoms with Crippen LogP contribution >= 0.6 is 0 Å². The first-order chi connectivity index (χ1) is 10.1. The lowest BCUT2D eigenvalue weighted by atomic mass is 10.1. The van der Waals surface area contributed by atoms with Crippen LogP contribution in [-0.2, 0) is 25.5 Å². The van der Waals surface area contributed by atoms with Gasteiger partial charge in [0, 0.05) is 20.2 Å². The quantitative estimate of drug-likeness (QED) is 0.723. The molecule has 1 aromatic rings. The zero-order chi connectivity index (χ0) is 15.7. The summed E-state index contributed by atoms with van der Waals surface area (Å²) in [5.41, 5.74) is 0.723. The third-order valence-electron chi connectivity index (χ3n) is 3.00. The topological polar surface area (TPSA) is 76.1 Å². The van der Waals surface area contributed by atoms with E-state index in [-0.39, 0.29) is 37.0 Å². The second kappa shape index (κ2) is 8.97. The van der Waals surface area contributed by atoms with Crippen molar-refractivity contribution >= 4 is 11.9 Å². The predicted octanol–water partition coefficient (Wildman–Crippen LogP) is 0.973. The fourth-order valence-corrected chi connectivity index (χ4v) is 1.84. The van der Waals surface area contributed by atoms with Crippen LogP contribution in [0.5, 0.6) is 5.75 Å². The van der Waals surface area contributed by atoms with E-state index in [4.69, 9.17) is 4.74 Å². The summed E-state index contributed by atoms with van der Waals surface area (Å²) in [5.74, 6) is -0.359. The van der Waals surface area contributed by atoms with Gasteiger partial charge >= 0.3 is 5.97 Å². The zero-order valence-corrected chi connectivity index (χ0v) is 12.4. The van der Waals surface area contributed by atoms with Crippen molar-refractivity contribution in [2.24, 2.45) is 0 Å². The van der Waals surface area contributed by atoms with Crippen LogP contribution in [0.15, 0.2) is 24.3 Å². The number of methoxy groups -OCH3 is 2. The first kappa shape index (κ1) is 17.0. The van der Waals surface area contributed by atoms with Crippen molar-refractivity contribution in [1.82, 2.24) is 4.90 Å². The average Bonchev–Trinajstić information content (AvgIpc) is 2.46. The molecule has 0 spiro atoms. The molecule has 1 aromatic carbocycles. The van der Waals surface area contributed by atoms with Crippen LogP contribution in [0.4, 0.5) is 0 Å². The van der Waals surface area contributed by atoms with E-state index in [9.17, 15) is 14.7 Å². The molecule has 0 radical (unpaired) electrons. The number of nitrogens with zero attached hydrogens (tertiary/aromatic N) is 1. The molecular formula is C15H21NO5. The van der Waals surface area contributed by atoms with Gasteiger partial charge in [0.25, 0.3) is 0 Å². The highest BCUT2D eigenvalue weighted by Crippen LogP contribution is 2.12. The van der Waals surface area contributed by atoms with Crippen LogP contribution in [0, 0.1) is 0 Å². The third-order valence-corrected chi connectivity index (χ3v) is 3.00. The van der Waals surface area contributed by atoms with Crippen molar-refractivity contribution in [3.8, 4) is 5.75 Å². The second-order valence-electron chi connectivity index (χ2n) is 4.55. The van der Waals surface area contributed by atoms with E-state index >= 15 is 0 Å². The largest absolute Gasteiger partial charge is 0.508 e. The van der Waals surface area contributed by atoms with E-state index in [0.717, 1.165) is 5.56 Å². The molecular weight excluding hydrogens is 274 g/mol. The molecule has 116 valence electrons. The van der Waals surface area contributed by atoms with Crippen molar-refractivity contribution in [2.75, 3.05) is 33.9 Å². The molecule has 0 aromatic heterocycles. The standard InChI is InChI=1S/C15H21NO5/c1-20-9-8-16(7-6-15(19)21-2)14(18)11-12-4-3-5-13(17)10-12/h3-5,10,17H,6-9,11H2,1-2H3. The molecule has 0 aliphatic heterocycles. The van der Waals surface area contributed by atoms with Crippen molar-refractivity contribution in [2.45, 2.75) is 12.8 Å². The fourth-order valence-electron chi connectivity index (χ4n) is 1.84. The van der Waals surface area contributed by atoms with Crippen LogP contribution < -0.4 is 0 Å². The molecule has 6 heteroatoms. The molecule has 6 nitrogen and oxygen atoms in total. The summed E-state index contributed by atoms with van der Waals surface area (Å²) in [4.78, 5) is 25.0. The first-order valence-corrected chi connectivity index (χ1v) is 6.68. The SMILES string of the molecule is COCCN(CCC(=O)OC)C(=O)Cc1cccc(O)c1. The predicted molar refractivity (Wildman–Crippen MR) is 76.9 cm³/mol. The molecule has 0 atom stereocenters. The summed E-state index contributed by atoms with van der Waals surface area (Å²) in [7, 11) is 2.87. The van der Waals surface area contributed by atoms with E-state index in [2.05, 4.69) is 4.74 Å². The van der Waals surface area contributed by atoms with Crippen LogP contribution in [0.3, 0.4) is 0 Å². The molecule has 0 saturated carbocycles. The number of ether oxygens (including phenoxy) is 2. The number of benzene rings is 1. The molecule has 1 N–H and O–H groups in total. The number of carbonyl (C=O) groups excluding carboxylic acids is 2. The van der Waals surface area contributed by atoms with Gasteiger partial charge in [0.1, 0.15) is 5.75 Å². The maximum atomic E-state index is 12.3.